The fourth-order valence-corrected chi connectivity index (χ4v) is 4.05. The molecule has 0 saturated heterocycles. The fourth-order valence-electron chi connectivity index (χ4n) is 2.94. The van der Waals surface area contributed by atoms with Gasteiger partial charge >= 0.3 is 11.9 Å². The standard InChI is InChI=1S/C23H19NO6S/c1-13-17(22(27)29-2)21(31-19(13)23(28)30-3)24-20(26)16-11-9-15(10-12-16)18(25)14-7-5-4-6-8-14/h4-12H,1-3H3,(H,24,26). The number of nitrogens with one attached hydrogen (secondary N) is 1. The largest absolute Gasteiger partial charge is 0.465 e. The van der Waals surface area contributed by atoms with Gasteiger partial charge in [0.1, 0.15) is 9.88 Å². The summed E-state index contributed by atoms with van der Waals surface area (Å²) in [6.07, 6.45) is 0. The summed E-state index contributed by atoms with van der Waals surface area (Å²) in [5.74, 6) is -1.95. The Morgan fingerprint density at radius 2 is 1.32 bits per heavy atom. The maximum absolute atomic E-state index is 12.7. The molecule has 0 bridgehead atoms. The number of carbonyl (C=O) groups excluding carboxylic acids is 4. The molecule has 1 heterocycles. The summed E-state index contributed by atoms with van der Waals surface area (Å²) in [5.41, 5.74) is 1.73. The minimum absolute atomic E-state index is 0.0946. The molecule has 1 N–H and O–H groups in total. The summed E-state index contributed by atoms with van der Waals surface area (Å²) < 4.78 is 9.52. The normalized spacial score (nSPS) is 10.3. The molecule has 0 aliphatic carbocycles. The van der Waals surface area contributed by atoms with E-state index in [4.69, 9.17) is 9.47 Å². The lowest BCUT2D eigenvalue weighted by atomic mass is 10.0. The maximum atomic E-state index is 12.7. The third kappa shape index (κ3) is 4.54. The average Bonchev–Trinajstić information content (AvgIpc) is 3.13. The molecule has 31 heavy (non-hydrogen) atoms. The smallest absolute Gasteiger partial charge is 0.348 e. The minimum Gasteiger partial charge on any atom is -0.465 e. The second-order valence-corrected chi connectivity index (χ2v) is 7.49. The first-order valence-corrected chi connectivity index (χ1v) is 10.00. The molecule has 0 fully saturated rings. The zero-order chi connectivity index (χ0) is 22.5. The number of thiophene rings is 1. The molecule has 0 aliphatic rings. The second-order valence-electron chi connectivity index (χ2n) is 6.47. The van der Waals surface area contributed by atoms with Crippen LogP contribution in [-0.4, -0.2) is 37.8 Å². The van der Waals surface area contributed by atoms with Crippen molar-refractivity contribution in [1.82, 2.24) is 0 Å². The lowest BCUT2D eigenvalue weighted by molar-refractivity contribution is 0.0601. The Morgan fingerprint density at radius 1 is 0.774 bits per heavy atom. The quantitative estimate of drug-likeness (QED) is 0.460. The van der Waals surface area contributed by atoms with Crippen molar-refractivity contribution in [2.45, 2.75) is 6.92 Å². The molecular formula is C23H19NO6S. The molecule has 1 amide bonds. The van der Waals surface area contributed by atoms with Crippen molar-refractivity contribution in [2.24, 2.45) is 0 Å². The van der Waals surface area contributed by atoms with Gasteiger partial charge in [-0.25, -0.2) is 9.59 Å². The van der Waals surface area contributed by atoms with Crippen molar-refractivity contribution in [1.29, 1.82) is 0 Å². The predicted octanol–water partition coefficient (Wildman–Crippen LogP) is 4.11. The average molecular weight is 437 g/mol. The monoisotopic (exact) mass is 437 g/mol. The van der Waals surface area contributed by atoms with Crippen LogP contribution in [-0.2, 0) is 9.47 Å². The Labute approximate surface area is 182 Å². The molecule has 3 aromatic rings. The molecule has 0 aliphatic heterocycles. The van der Waals surface area contributed by atoms with Crippen LogP contribution >= 0.6 is 11.3 Å². The van der Waals surface area contributed by atoms with Crippen LogP contribution in [0.1, 0.15) is 51.9 Å². The van der Waals surface area contributed by atoms with E-state index in [1.54, 1.807) is 43.3 Å². The van der Waals surface area contributed by atoms with E-state index in [2.05, 4.69) is 5.32 Å². The van der Waals surface area contributed by atoms with Gasteiger partial charge < -0.3 is 14.8 Å². The van der Waals surface area contributed by atoms with Crippen molar-refractivity contribution in [3.05, 3.63) is 87.3 Å². The van der Waals surface area contributed by atoms with E-state index in [1.165, 1.54) is 26.4 Å². The van der Waals surface area contributed by atoms with Crippen LogP contribution in [0.5, 0.6) is 0 Å². The Morgan fingerprint density at radius 3 is 1.90 bits per heavy atom. The van der Waals surface area contributed by atoms with Gasteiger partial charge in [0.25, 0.3) is 5.91 Å². The van der Waals surface area contributed by atoms with E-state index in [-0.39, 0.29) is 26.8 Å². The first kappa shape index (κ1) is 21.9. The molecule has 0 spiro atoms. The second kappa shape index (κ2) is 9.36. The zero-order valence-corrected chi connectivity index (χ0v) is 17.9. The molecule has 1 aromatic heterocycles. The van der Waals surface area contributed by atoms with Gasteiger partial charge in [0.05, 0.1) is 19.8 Å². The SMILES string of the molecule is COC(=O)c1sc(NC(=O)c2ccc(C(=O)c3ccccc3)cc2)c(C(=O)OC)c1C. The summed E-state index contributed by atoms with van der Waals surface area (Å²) in [5, 5.41) is 2.83. The number of amides is 1. The Balaban J connectivity index is 1.85. The van der Waals surface area contributed by atoms with Crippen molar-refractivity contribution in [2.75, 3.05) is 19.5 Å². The van der Waals surface area contributed by atoms with Gasteiger partial charge in [0.15, 0.2) is 5.78 Å². The van der Waals surface area contributed by atoms with Crippen LogP contribution in [0.4, 0.5) is 5.00 Å². The predicted molar refractivity (Wildman–Crippen MR) is 116 cm³/mol. The molecule has 0 atom stereocenters. The highest BCUT2D eigenvalue weighted by Gasteiger charge is 2.27. The number of ether oxygens (including phenoxy) is 2. The molecular weight excluding hydrogens is 418 g/mol. The van der Waals surface area contributed by atoms with Gasteiger partial charge in [-0.15, -0.1) is 11.3 Å². The van der Waals surface area contributed by atoms with E-state index in [0.717, 1.165) is 11.3 Å². The van der Waals surface area contributed by atoms with Gasteiger partial charge in [0.2, 0.25) is 0 Å². The number of carbonyl (C=O) groups is 4. The number of hydrogen-bond donors (Lipinski definition) is 1. The molecule has 0 radical (unpaired) electrons. The topological polar surface area (TPSA) is 98.8 Å². The van der Waals surface area contributed by atoms with Crippen LogP contribution in [0.15, 0.2) is 54.6 Å². The third-order valence-electron chi connectivity index (χ3n) is 4.58. The molecule has 0 saturated carbocycles. The van der Waals surface area contributed by atoms with Crippen LogP contribution < -0.4 is 5.32 Å². The van der Waals surface area contributed by atoms with E-state index >= 15 is 0 Å². The molecule has 158 valence electrons. The number of rotatable bonds is 6. The van der Waals surface area contributed by atoms with Gasteiger partial charge in [-0.1, -0.05) is 42.5 Å². The van der Waals surface area contributed by atoms with Crippen molar-refractivity contribution in [3.8, 4) is 0 Å². The number of anilines is 1. The lowest BCUT2D eigenvalue weighted by Gasteiger charge is -2.07. The molecule has 0 unspecified atom stereocenters. The molecule has 8 heteroatoms. The summed E-state index contributed by atoms with van der Waals surface area (Å²) in [4.78, 5) is 49.6. The highest BCUT2D eigenvalue weighted by atomic mass is 32.1. The molecule has 2 aromatic carbocycles. The summed E-state index contributed by atoms with van der Waals surface area (Å²) in [6, 6.07) is 15.0. The first-order valence-electron chi connectivity index (χ1n) is 9.18. The number of hydrogen-bond acceptors (Lipinski definition) is 7. The van der Waals surface area contributed by atoms with Gasteiger partial charge in [-0.3, -0.25) is 9.59 Å². The third-order valence-corrected chi connectivity index (χ3v) is 5.77. The highest BCUT2D eigenvalue weighted by molar-refractivity contribution is 7.18. The van der Waals surface area contributed by atoms with Crippen molar-refractivity contribution in [3.63, 3.8) is 0 Å². The van der Waals surface area contributed by atoms with Crippen LogP contribution in [0.25, 0.3) is 0 Å². The highest BCUT2D eigenvalue weighted by Crippen LogP contribution is 2.34. The zero-order valence-electron chi connectivity index (χ0n) is 17.1. The number of esters is 2. The number of benzene rings is 2. The summed E-state index contributed by atoms with van der Waals surface area (Å²) in [7, 11) is 2.45. The number of methoxy groups -OCH3 is 2. The van der Waals surface area contributed by atoms with Crippen molar-refractivity contribution >= 4 is 40.0 Å². The van der Waals surface area contributed by atoms with Crippen molar-refractivity contribution < 1.29 is 28.7 Å². The van der Waals surface area contributed by atoms with Crippen LogP contribution in [0.2, 0.25) is 0 Å². The lowest BCUT2D eigenvalue weighted by Crippen LogP contribution is -2.14. The summed E-state index contributed by atoms with van der Waals surface area (Å²) in [6.45, 7) is 1.58. The van der Waals surface area contributed by atoms with Crippen LogP contribution in [0, 0.1) is 6.92 Å². The maximum Gasteiger partial charge on any atom is 0.348 e. The first-order chi connectivity index (χ1) is 14.9. The Hall–Kier alpha value is -3.78. The van der Waals surface area contributed by atoms with Gasteiger partial charge in [-0.2, -0.15) is 0 Å². The van der Waals surface area contributed by atoms with E-state index in [0.29, 0.717) is 16.7 Å². The minimum atomic E-state index is -0.678. The van der Waals surface area contributed by atoms with E-state index < -0.39 is 17.8 Å². The Kier molecular flexibility index (Phi) is 6.61. The van der Waals surface area contributed by atoms with E-state index in [1.807, 2.05) is 6.07 Å². The summed E-state index contributed by atoms with van der Waals surface area (Å²) >= 11 is 0.929. The molecule has 7 nitrogen and oxygen atoms in total. The van der Waals surface area contributed by atoms with E-state index in [9.17, 15) is 19.2 Å². The molecule has 3 rings (SSSR count). The Bertz CT molecular complexity index is 1150. The number of ketones is 1. The fraction of sp³-hybridized carbons (Fsp3) is 0.130. The van der Waals surface area contributed by atoms with Crippen LogP contribution in [0.3, 0.4) is 0 Å². The van der Waals surface area contributed by atoms with Gasteiger partial charge in [0, 0.05) is 16.7 Å². The van der Waals surface area contributed by atoms with Gasteiger partial charge in [-0.05, 0) is 24.6 Å².